The number of hydrogen-bond acceptors (Lipinski definition) is 4. The van der Waals surface area contributed by atoms with E-state index in [9.17, 15) is 0 Å². The van der Waals surface area contributed by atoms with Crippen molar-refractivity contribution in [1.82, 2.24) is 5.43 Å². The zero-order valence-corrected chi connectivity index (χ0v) is 8.54. The molecule has 78 valence electrons. The van der Waals surface area contributed by atoms with Crippen LogP contribution in [0.15, 0.2) is 18.2 Å². The van der Waals surface area contributed by atoms with Gasteiger partial charge in [0.25, 0.3) is 0 Å². The monoisotopic (exact) mass is 196 g/mol. The molecule has 0 unspecified atom stereocenters. The molecule has 1 aromatic carbocycles. The minimum absolute atomic E-state index is 0.614. The second kappa shape index (κ2) is 5.47. The maximum Gasteiger partial charge on any atom is 0.161 e. The third-order valence-corrected chi connectivity index (χ3v) is 1.83. The average Bonchev–Trinajstić information content (AvgIpc) is 2.21. The van der Waals surface area contributed by atoms with Gasteiger partial charge in [-0.3, -0.25) is 11.3 Å². The van der Waals surface area contributed by atoms with Crippen LogP contribution in [0.25, 0.3) is 0 Å². The molecule has 0 fully saturated rings. The van der Waals surface area contributed by atoms with Gasteiger partial charge in [-0.1, -0.05) is 6.07 Å². The highest BCUT2D eigenvalue weighted by molar-refractivity contribution is 5.42. The van der Waals surface area contributed by atoms with Crippen LogP contribution in [0.3, 0.4) is 0 Å². The number of benzene rings is 1. The zero-order valence-electron chi connectivity index (χ0n) is 8.54. The van der Waals surface area contributed by atoms with Gasteiger partial charge in [-0.2, -0.15) is 0 Å². The molecule has 0 bridgehead atoms. The molecule has 0 aliphatic carbocycles. The van der Waals surface area contributed by atoms with Crippen LogP contribution in [-0.4, -0.2) is 13.7 Å². The Hall–Kier alpha value is -1.26. The van der Waals surface area contributed by atoms with Crippen molar-refractivity contribution in [2.45, 2.75) is 13.5 Å². The number of hydrogen-bond donors (Lipinski definition) is 2. The van der Waals surface area contributed by atoms with Crippen LogP contribution in [0.1, 0.15) is 12.5 Å². The van der Waals surface area contributed by atoms with Crippen molar-refractivity contribution in [2.24, 2.45) is 5.84 Å². The number of rotatable bonds is 5. The Balaban J connectivity index is 2.87. The van der Waals surface area contributed by atoms with Crippen molar-refractivity contribution in [3.63, 3.8) is 0 Å². The van der Waals surface area contributed by atoms with Crippen LogP contribution in [-0.2, 0) is 6.54 Å². The average molecular weight is 196 g/mol. The van der Waals surface area contributed by atoms with Crippen LogP contribution < -0.4 is 20.7 Å². The van der Waals surface area contributed by atoms with E-state index in [1.54, 1.807) is 7.11 Å². The predicted octanol–water partition coefficient (Wildman–Crippen LogP) is 1.06. The third kappa shape index (κ3) is 2.61. The molecule has 0 aliphatic rings. The van der Waals surface area contributed by atoms with Gasteiger partial charge in [-0.05, 0) is 24.6 Å². The van der Waals surface area contributed by atoms with E-state index < -0.39 is 0 Å². The van der Waals surface area contributed by atoms with Gasteiger partial charge < -0.3 is 9.47 Å². The first kappa shape index (κ1) is 10.8. The molecule has 3 N–H and O–H groups in total. The number of ether oxygens (including phenoxy) is 2. The molecule has 1 aromatic rings. The van der Waals surface area contributed by atoms with Crippen molar-refractivity contribution in [3.05, 3.63) is 23.8 Å². The highest BCUT2D eigenvalue weighted by atomic mass is 16.5. The van der Waals surface area contributed by atoms with Crippen molar-refractivity contribution < 1.29 is 9.47 Å². The smallest absolute Gasteiger partial charge is 0.161 e. The number of methoxy groups -OCH3 is 1. The SMILES string of the molecule is CCOc1ccc(CNN)cc1OC. The van der Waals surface area contributed by atoms with Crippen molar-refractivity contribution in [1.29, 1.82) is 0 Å². The maximum atomic E-state index is 5.38. The van der Waals surface area contributed by atoms with Crippen LogP contribution in [0.2, 0.25) is 0 Å². The molecule has 14 heavy (non-hydrogen) atoms. The van der Waals surface area contributed by atoms with Gasteiger partial charge in [0, 0.05) is 6.54 Å². The van der Waals surface area contributed by atoms with Gasteiger partial charge in [0.2, 0.25) is 0 Å². The topological polar surface area (TPSA) is 56.5 Å². The Labute approximate surface area is 84.0 Å². The Bertz CT molecular complexity index is 289. The molecule has 4 heteroatoms. The second-order valence-corrected chi connectivity index (χ2v) is 2.80. The van der Waals surface area contributed by atoms with E-state index in [1.165, 1.54) is 0 Å². The molecule has 1 rings (SSSR count). The van der Waals surface area contributed by atoms with E-state index in [-0.39, 0.29) is 0 Å². The van der Waals surface area contributed by atoms with Crippen molar-refractivity contribution in [2.75, 3.05) is 13.7 Å². The molecule has 4 nitrogen and oxygen atoms in total. The summed E-state index contributed by atoms with van der Waals surface area (Å²) in [7, 11) is 1.62. The standard InChI is InChI=1S/C10H16N2O2/c1-3-14-9-5-4-8(7-12-11)6-10(9)13-2/h4-6,12H,3,7,11H2,1-2H3. The lowest BCUT2D eigenvalue weighted by Crippen LogP contribution is -2.20. The van der Waals surface area contributed by atoms with Gasteiger partial charge in [0.1, 0.15) is 0 Å². The molecule has 0 saturated carbocycles. The van der Waals surface area contributed by atoms with E-state index in [2.05, 4.69) is 5.43 Å². The molecule has 0 aliphatic heterocycles. The summed E-state index contributed by atoms with van der Waals surface area (Å²) in [4.78, 5) is 0. The lowest BCUT2D eigenvalue weighted by molar-refractivity contribution is 0.310. The van der Waals surface area contributed by atoms with Crippen LogP contribution in [0, 0.1) is 0 Å². The van der Waals surface area contributed by atoms with Gasteiger partial charge >= 0.3 is 0 Å². The van der Waals surface area contributed by atoms with Crippen LogP contribution in [0.4, 0.5) is 0 Å². The minimum atomic E-state index is 0.614. The fourth-order valence-corrected chi connectivity index (χ4v) is 1.21. The minimum Gasteiger partial charge on any atom is -0.493 e. The first-order valence-electron chi connectivity index (χ1n) is 4.55. The van der Waals surface area contributed by atoms with Gasteiger partial charge in [0.15, 0.2) is 11.5 Å². The number of nitrogens with one attached hydrogen (secondary N) is 1. The summed E-state index contributed by atoms with van der Waals surface area (Å²) in [6, 6.07) is 5.74. The lowest BCUT2D eigenvalue weighted by atomic mass is 10.2. The van der Waals surface area contributed by atoms with Gasteiger partial charge in [-0.15, -0.1) is 0 Å². The van der Waals surface area contributed by atoms with E-state index >= 15 is 0 Å². The molecular weight excluding hydrogens is 180 g/mol. The van der Waals surface area contributed by atoms with E-state index in [1.807, 2.05) is 25.1 Å². The lowest BCUT2D eigenvalue weighted by Gasteiger charge is -2.10. The third-order valence-electron chi connectivity index (χ3n) is 1.83. The Morgan fingerprint density at radius 3 is 2.71 bits per heavy atom. The highest BCUT2D eigenvalue weighted by Gasteiger charge is 2.04. The zero-order chi connectivity index (χ0) is 10.4. The van der Waals surface area contributed by atoms with Gasteiger partial charge in [0.05, 0.1) is 13.7 Å². The fraction of sp³-hybridized carbons (Fsp3) is 0.400. The van der Waals surface area contributed by atoms with Gasteiger partial charge in [-0.25, -0.2) is 0 Å². The molecule has 0 heterocycles. The van der Waals surface area contributed by atoms with E-state index in [0.29, 0.717) is 13.2 Å². The Morgan fingerprint density at radius 2 is 2.14 bits per heavy atom. The molecule has 0 atom stereocenters. The molecule has 0 spiro atoms. The molecular formula is C10H16N2O2. The number of nitrogens with two attached hydrogens (primary N) is 1. The van der Waals surface area contributed by atoms with Crippen molar-refractivity contribution >= 4 is 0 Å². The highest BCUT2D eigenvalue weighted by Crippen LogP contribution is 2.27. The molecule has 0 radical (unpaired) electrons. The quantitative estimate of drug-likeness (QED) is 0.546. The fourth-order valence-electron chi connectivity index (χ4n) is 1.21. The maximum absolute atomic E-state index is 5.38. The first-order valence-corrected chi connectivity index (χ1v) is 4.55. The molecule has 0 saturated heterocycles. The summed E-state index contributed by atoms with van der Waals surface area (Å²) >= 11 is 0. The summed E-state index contributed by atoms with van der Waals surface area (Å²) < 4.78 is 10.6. The summed E-state index contributed by atoms with van der Waals surface area (Å²) in [6.45, 7) is 3.18. The Kier molecular flexibility index (Phi) is 4.22. The largest absolute Gasteiger partial charge is 0.493 e. The second-order valence-electron chi connectivity index (χ2n) is 2.80. The first-order chi connectivity index (χ1) is 6.81. The summed E-state index contributed by atoms with van der Waals surface area (Å²) in [5, 5.41) is 0. The molecule has 0 aromatic heterocycles. The Morgan fingerprint density at radius 1 is 1.36 bits per heavy atom. The predicted molar refractivity (Wildman–Crippen MR) is 55.2 cm³/mol. The summed E-state index contributed by atoms with van der Waals surface area (Å²) in [5.41, 5.74) is 3.65. The summed E-state index contributed by atoms with van der Waals surface area (Å²) in [5.74, 6) is 6.72. The normalized spacial score (nSPS) is 9.93. The summed E-state index contributed by atoms with van der Waals surface area (Å²) in [6.07, 6.45) is 0. The number of hydrazine groups is 1. The van der Waals surface area contributed by atoms with Crippen LogP contribution >= 0.6 is 0 Å². The van der Waals surface area contributed by atoms with Crippen molar-refractivity contribution in [3.8, 4) is 11.5 Å². The van der Waals surface area contributed by atoms with Crippen LogP contribution in [0.5, 0.6) is 11.5 Å². The molecule has 0 amide bonds. The van der Waals surface area contributed by atoms with E-state index in [4.69, 9.17) is 15.3 Å². The van der Waals surface area contributed by atoms with E-state index in [0.717, 1.165) is 17.1 Å².